The van der Waals surface area contributed by atoms with E-state index >= 15 is 0 Å². The van der Waals surface area contributed by atoms with Crippen molar-refractivity contribution in [3.63, 3.8) is 0 Å². The zero-order valence-corrected chi connectivity index (χ0v) is 11.6. The molecule has 0 spiro atoms. The Morgan fingerprint density at radius 3 is 2.86 bits per heavy atom. The van der Waals surface area contributed by atoms with Crippen LogP contribution in [0, 0.1) is 5.41 Å². The highest BCUT2D eigenvalue weighted by molar-refractivity contribution is 6.00. The summed E-state index contributed by atoms with van der Waals surface area (Å²) in [5.41, 5.74) is 0.987. The summed E-state index contributed by atoms with van der Waals surface area (Å²) in [5.74, 6) is -1.01. The Morgan fingerprint density at radius 2 is 2.19 bits per heavy atom. The molecule has 1 aliphatic carbocycles. The standard InChI is InChI=1S/C15H17N3O3/c19-13(20)8-15(5-3-6-15)10-16-14(21)11-9-17-18-7-2-1-4-12(11)18/h1-2,4,7,9H,3,5-6,8,10H2,(H,16,21)(H,19,20). The second kappa shape index (κ2) is 5.20. The Kier molecular flexibility index (Phi) is 3.37. The Labute approximate surface area is 121 Å². The monoisotopic (exact) mass is 287 g/mol. The number of rotatable bonds is 5. The van der Waals surface area contributed by atoms with Crippen molar-refractivity contribution in [1.82, 2.24) is 14.9 Å². The largest absolute Gasteiger partial charge is 0.481 e. The van der Waals surface area contributed by atoms with E-state index in [-0.39, 0.29) is 17.7 Å². The third-order valence-electron chi connectivity index (χ3n) is 4.24. The fourth-order valence-electron chi connectivity index (χ4n) is 2.89. The van der Waals surface area contributed by atoms with Gasteiger partial charge in [-0.3, -0.25) is 9.59 Å². The fourth-order valence-corrected chi connectivity index (χ4v) is 2.89. The minimum atomic E-state index is -0.806. The number of carboxylic acid groups (broad SMARTS) is 1. The molecule has 0 radical (unpaired) electrons. The summed E-state index contributed by atoms with van der Waals surface area (Å²) in [6.45, 7) is 0.405. The van der Waals surface area contributed by atoms with Gasteiger partial charge in [-0.1, -0.05) is 12.5 Å². The van der Waals surface area contributed by atoms with E-state index < -0.39 is 5.97 Å². The van der Waals surface area contributed by atoms with Crippen LogP contribution in [0.15, 0.2) is 30.6 Å². The van der Waals surface area contributed by atoms with Crippen LogP contribution < -0.4 is 5.32 Å². The molecule has 0 saturated heterocycles. The van der Waals surface area contributed by atoms with Crippen LogP contribution in [0.3, 0.4) is 0 Å². The highest BCUT2D eigenvalue weighted by atomic mass is 16.4. The maximum absolute atomic E-state index is 12.3. The number of hydrogen-bond acceptors (Lipinski definition) is 3. The second-order valence-electron chi connectivity index (χ2n) is 5.70. The molecular formula is C15H17N3O3. The first kappa shape index (κ1) is 13.6. The summed E-state index contributed by atoms with van der Waals surface area (Å²) >= 11 is 0. The number of aliphatic carboxylic acids is 1. The Morgan fingerprint density at radius 1 is 1.38 bits per heavy atom. The molecular weight excluding hydrogens is 270 g/mol. The van der Waals surface area contributed by atoms with Crippen molar-refractivity contribution in [2.45, 2.75) is 25.7 Å². The minimum Gasteiger partial charge on any atom is -0.481 e. The van der Waals surface area contributed by atoms with Crippen LogP contribution in [-0.2, 0) is 4.79 Å². The van der Waals surface area contributed by atoms with Crippen LogP contribution in [0.1, 0.15) is 36.0 Å². The molecule has 1 aliphatic rings. The average molecular weight is 287 g/mol. The van der Waals surface area contributed by atoms with Crippen LogP contribution in [0.4, 0.5) is 0 Å². The van der Waals surface area contributed by atoms with Crippen molar-refractivity contribution in [3.8, 4) is 0 Å². The summed E-state index contributed by atoms with van der Waals surface area (Å²) in [6, 6.07) is 5.53. The number of aromatic nitrogens is 2. The lowest BCUT2D eigenvalue weighted by molar-refractivity contribution is -0.141. The molecule has 6 heteroatoms. The van der Waals surface area contributed by atoms with Crippen molar-refractivity contribution in [2.24, 2.45) is 5.41 Å². The van der Waals surface area contributed by atoms with Gasteiger partial charge in [-0.25, -0.2) is 4.52 Å². The summed E-state index contributed by atoms with van der Waals surface area (Å²) in [4.78, 5) is 23.2. The third kappa shape index (κ3) is 2.61. The van der Waals surface area contributed by atoms with Crippen LogP contribution >= 0.6 is 0 Å². The molecule has 0 aromatic carbocycles. The summed E-state index contributed by atoms with van der Waals surface area (Å²) in [7, 11) is 0. The molecule has 3 rings (SSSR count). The number of pyridine rings is 1. The molecule has 2 N–H and O–H groups in total. The first-order valence-corrected chi connectivity index (χ1v) is 7.02. The third-order valence-corrected chi connectivity index (χ3v) is 4.24. The van der Waals surface area contributed by atoms with Crippen LogP contribution in [0.25, 0.3) is 5.52 Å². The average Bonchev–Trinajstić information content (AvgIpc) is 2.85. The molecule has 0 atom stereocenters. The number of carbonyl (C=O) groups excluding carboxylic acids is 1. The van der Waals surface area contributed by atoms with Gasteiger partial charge in [0, 0.05) is 12.7 Å². The highest BCUT2D eigenvalue weighted by Gasteiger charge is 2.39. The number of carboxylic acids is 1. The summed E-state index contributed by atoms with van der Waals surface area (Å²) in [6.07, 6.45) is 6.17. The van der Waals surface area contributed by atoms with E-state index in [2.05, 4.69) is 10.4 Å². The van der Waals surface area contributed by atoms with Gasteiger partial charge in [-0.2, -0.15) is 5.10 Å². The van der Waals surface area contributed by atoms with Gasteiger partial charge in [0.05, 0.1) is 23.7 Å². The molecule has 1 saturated carbocycles. The van der Waals surface area contributed by atoms with Crippen molar-refractivity contribution >= 4 is 17.4 Å². The number of hydrogen-bond donors (Lipinski definition) is 2. The Hall–Kier alpha value is -2.37. The second-order valence-corrected chi connectivity index (χ2v) is 5.70. The number of nitrogens with zero attached hydrogens (tertiary/aromatic N) is 2. The quantitative estimate of drug-likeness (QED) is 0.877. The van der Waals surface area contributed by atoms with Crippen LogP contribution in [0.5, 0.6) is 0 Å². The lowest BCUT2D eigenvalue weighted by Crippen LogP contribution is -2.43. The molecule has 110 valence electrons. The predicted octanol–water partition coefficient (Wildman–Crippen LogP) is 1.71. The van der Waals surface area contributed by atoms with Gasteiger partial charge in [-0.05, 0) is 30.4 Å². The highest BCUT2D eigenvalue weighted by Crippen LogP contribution is 2.43. The molecule has 6 nitrogen and oxygen atoms in total. The number of fused-ring (bicyclic) bond motifs is 1. The van der Waals surface area contributed by atoms with Gasteiger partial charge in [0.25, 0.3) is 5.91 Å². The van der Waals surface area contributed by atoms with Gasteiger partial charge in [0.15, 0.2) is 0 Å². The van der Waals surface area contributed by atoms with E-state index in [1.54, 1.807) is 10.7 Å². The van der Waals surface area contributed by atoms with Crippen molar-refractivity contribution < 1.29 is 14.7 Å². The van der Waals surface area contributed by atoms with Crippen molar-refractivity contribution in [2.75, 3.05) is 6.54 Å². The number of carbonyl (C=O) groups is 2. The Bertz CT molecular complexity index is 688. The van der Waals surface area contributed by atoms with Gasteiger partial charge in [0.1, 0.15) is 0 Å². The van der Waals surface area contributed by atoms with E-state index in [1.165, 1.54) is 6.20 Å². The lowest BCUT2D eigenvalue weighted by atomic mass is 9.66. The Balaban J connectivity index is 1.70. The van der Waals surface area contributed by atoms with Crippen molar-refractivity contribution in [3.05, 3.63) is 36.2 Å². The molecule has 21 heavy (non-hydrogen) atoms. The summed E-state index contributed by atoms with van der Waals surface area (Å²) < 4.78 is 1.64. The van der Waals surface area contributed by atoms with E-state index in [0.717, 1.165) is 24.8 Å². The van der Waals surface area contributed by atoms with Crippen molar-refractivity contribution in [1.29, 1.82) is 0 Å². The molecule has 2 heterocycles. The van der Waals surface area contributed by atoms with E-state index in [9.17, 15) is 9.59 Å². The molecule has 1 amide bonds. The summed E-state index contributed by atoms with van der Waals surface area (Å²) in [5, 5.41) is 16.0. The predicted molar refractivity (Wildman–Crippen MR) is 76.1 cm³/mol. The first-order valence-electron chi connectivity index (χ1n) is 7.02. The smallest absolute Gasteiger partial charge is 0.303 e. The SMILES string of the molecule is O=C(O)CC1(CNC(=O)c2cnn3ccccc23)CCC1. The molecule has 2 aromatic rings. The number of nitrogens with one attached hydrogen (secondary N) is 1. The number of amides is 1. The van der Waals surface area contributed by atoms with Crippen LogP contribution in [0.2, 0.25) is 0 Å². The van der Waals surface area contributed by atoms with E-state index in [0.29, 0.717) is 12.1 Å². The first-order chi connectivity index (χ1) is 10.1. The zero-order valence-electron chi connectivity index (χ0n) is 11.6. The lowest BCUT2D eigenvalue weighted by Gasteiger charge is -2.40. The van der Waals surface area contributed by atoms with Gasteiger partial charge in [0.2, 0.25) is 0 Å². The molecule has 0 aliphatic heterocycles. The molecule has 2 aromatic heterocycles. The molecule has 1 fully saturated rings. The van der Waals surface area contributed by atoms with Gasteiger partial charge in [-0.15, -0.1) is 0 Å². The fraction of sp³-hybridized carbons (Fsp3) is 0.400. The van der Waals surface area contributed by atoms with Gasteiger partial charge < -0.3 is 10.4 Å². The van der Waals surface area contributed by atoms with Gasteiger partial charge >= 0.3 is 5.97 Å². The maximum Gasteiger partial charge on any atom is 0.303 e. The van der Waals surface area contributed by atoms with E-state index in [4.69, 9.17) is 5.11 Å². The van der Waals surface area contributed by atoms with E-state index in [1.807, 2.05) is 18.2 Å². The van der Waals surface area contributed by atoms with Crippen LogP contribution in [-0.4, -0.2) is 33.1 Å². The maximum atomic E-state index is 12.3. The zero-order chi connectivity index (χ0) is 14.9. The minimum absolute atomic E-state index is 0.113. The normalized spacial score (nSPS) is 16.4. The molecule has 0 unspecified atom stereocenters. The topological polar surface area (TPSA) is 83.7 Å². The molecule has 0 bridgehead atoms.